The van der Waals surface area contributed by atoms with Gasteiger partial charge in [-0.25, -0.2) is 0 Å². The minimum absolute atomic E-state index is 0.239. The van der Waals surface area contributed by atoms with E-state index in [4.69, 9.17) is 9.47 Å². The zero-order valence-corrected chi connectivity index (χ0v) is 11.7. The van der Waals surface area contributed by atoms with Crippen molar-refractivity contribution in [2.75, 3.05) is 46.9 Å². The zero-order chi connectivity index (χ0) is 12.7. The summed E-state index contributed by atoms with van der Waals surface area (Å²) in [5.74, 6) is 0.734. The minimum Gasteiger partial charge on any atom is -0.377 e. The highest BCUT2D eigenvalue weighted by Gasteiger charge is 2.32. The first-order chi connectivity index (χ1) is 8.17. The van der Waals surface area contributed by atoms with Crippen LogP contribution in [-0.4, -0.2) is 64.1 Å². The molecule has 1 rings (SSSR count). The zero-order valence-electron chi connectivity index (χ0n) is 11.7. The van der Waals surface area contributed by atoms with Gasteiger partial charge >= 0.3 is 0 Å². The van der Waals surface area contributed by atoms with E-state index in [2.05, 4.69) is 24.1 Å². The predicted molar refractivity (Wildman–Crippen MR) is 70.4 cm³/mol. The van der Waals surface area contributed by atoms with Crippen molar-refractivity contribution < 1.29 is 9.47 Å². The fourth-order valence-corrected chi connectivity index (χ4v) is 2.27. The standard InChI is InChI=1S/C13H28N2O2/c1-11(2)8-14-6-5-7-15-9-12(16-3)13(10-15)17-4/h11-14H,5-10H2,1-4H3. The molecule has 0 radical (unpaired) electrons. The number of rotatable bonds is 8. The molecule has 4 heteroatoms. The summed E-state index contributed by atoms with van der Waals surface area (Å²) in [5, 5.41) is 3.47. The van der Waals surface area contributed by atoms with Crippen LogP contribution in [0.25, 0.3) is 0 Å². The van der Waals surface area contributed by atoms with Crippen LogP contribution in [0.1, 0.15) is 20.3 Å². The van der Waals surface area contributed by atoms with Crippen molar-refractivity contribution in [3.8, 4) is 0 Å². The third-order valence-electron chi connectivity index (χ3n) is 3.28. The first-order valence-electron chi connectivity index (χ1n) is 6.66. The second-order valence-corrected chi connectivity index (χ2v) is 5.26. The Bertz CT molecular complexity index is 188. The first-order valence-corrected chi connectivity index (χ1v) is 6.66. The van der Waals surface area contributed by atoms with Crippen LogP contribution < -0.4 is 5.32 Å². The molecule has 0 aromatic rings. The fraction of sp³-hybridized carbons (Fsp3) is 1.00. The summed E-state index contributed by atoms with van der Waals surface area (Å²) in [4.78, 5) is 2.43. The molecule has 0 aromatic carbocycles. The quantitative estimate of drug-likeness (QED) is 0.645. The highest BCUT2D eigenvalue weighted by molar-refractivity contribution is 4.85. The molecule has 2 atom stereocenters. The monoisotopic (exact) mass is 244 g/mol. The maximum absolute atomic E-state index is 5.42. The van der Waals surface area contributed by atoms with Gasteiger partial charge in [-0.05, 0) is 32.0 Å². The van der Waals surface area contributed by atoms with Gasteiger partial charge < -0.3 is 14.8 Å². The Balaban J connectivity index is 2.08. The van der Waals surface area contributed by atoms with Crippen molar-refractivity contribution in [3.05, 3.63) is 0 Å². The highest BCUT2D eigenvalue weighted by atomic mass is 16.5. The molecule has 102 valence electrons. The van der Waals surface area contributed by atoms with Crippen LogP contribution in [0.4, 0.5) is 0 Å². The summed E-state index contributed by atoms with van der Waals surface area (Å²) < 4.78 is 10.8. The normalized spacial score (nSPS) is 25.9. The van der Waals surface area contributed by atoms with Crippen LogP contribution in [0.15, 0.2) is 0 Å². The molecule has 1 heterocycles. The molecular weight excluding hydrogens is 216 g/mol. The Morgan fingerprint density at radius 3 is 2.24 bits per heavy atom. The van der Waals surface area contributed by atoms with Crippen LogP contribution >= 0.6 is 0 Å². The van der Waals surface area contributed by atoms with E-state index in [1.54, 1.807) is 14.2 Å². The van der Waals surface area contributed by atoms with Crippen molar-refractivity contribution in [2.45, 2.75) is 32.5 Å². The van der Waals surface area contributed by atoms with E-state index in [1.807, 2.05) is 0 Å². The van der Waals surface area contributed by atoms with E-state index in [9.17, 15) is 0 Å². The van der Waals surface area contributed by atoms with Gasteiger partial charge in [-0.3, -0.25) is 4.90 Å². The third-order valence-corrected chi connectivity index (χ3v) is 3.28. The fourth-order valence-electron chi connectivity index (χ4n) is 2.27. The molecule has 4 nitrogen and oxygen atoms in total. The summed E-state index contributed by atoms with van der Waals surface area (Å²) in [5.41, 5.74) is 0. The van der Waals surface area contributed by atoms with Gasteiger partial charge in [0.05, 0.1) is 12.2 Å². The molecular formula is C13H28N2O2. The molecule has 0 spiro atoms. The minimum atomic E-state index is 0.239. The average molecular weight is 244 g/mol. The number of likely N-dealkylation sites (tertiary alicyclic amines) is 1. The Morgan fingerprint density at radius 2 is 1.76 bits per heavy atom. The van der Waals surface area contributed by atoms with Gasteiger partial charge in [0, 0.05) is 27.3 Å². The summed E-state index contributed by atoms with van der Waals surface area (Å²) in [6, 6.07) is 0. The van der Waals surface area contributed by atoms with E-state index >= 15 is 0 Å². The lowest BCUT2D eigenvalue weighted by atomic mass is 10.2. The number of nitrogens with one attached hydrogen (secondary N) is 1. The Labute approximate surface area is 106 Å². The lowest BCUT2D eigenvalue weighted by Crippen LogP contribution is -2.28. The maximum atomic E-state index is 5.42. The second kappa shape index (κ2) is 8.03. The molecule has 17 heavy (non-hydrogen) atoms. The third kappa shape index (κ3) is 5.34. The Hall–Kier alpha value is -0.160. The van der Waals surface area contributed by atoms with Crippen molar-refractivity contribution in [1.82, 2.24) is 10.2 Å². The lowest BCUT2D eigenvalue weighted by Gasteiger charge is -2.15. The molecule has 1 N–H and O–H groups in total. The number of hydrogen-bond donors (Lipinski definition) is 1. The largest absolute Gasteiger partial charge is 0.377 e. The van der Waals surface area contributed by atoms with Crippen molar-refractivity contribution in [3.63, 3.8) is 0 Å². The van der Waals surface area contributed by atoms with Crippen LogP contribution in [0, 0.1) is 5.92 Å². The molecule has 0 saturated carbocycles. The van der Waals surface area contributed by atoms with Crippen molar-refractivity contribution in [1.29, 1.82) is 0 Å². The molecule has 1 aliphatic rings. The number of methoxy groups -OCH3 is 2. The van der Waals surface area contributed by atoms with Gasteiger partial charge in [0.2, 0.25) is 0 Å². The molecule has 1 aliphatic heterocycles. The van der Waals surface area contributed by atoms with Gasteiger partial charge in [-0.1, -0.05) is 13.8 Å². The van der Waals surface area contributed by atoms with Crippen LogP contribution in [0.2, 0.25) is 0 Å². The molecule has 2 unspecified atom stereocenters. The van der Waals surface area contributed by atoms with Crippen LogP contribution in [0.5, 0.6) is 0 Å². The Kier molecular flexibility index (Phi) is 7.04. The molecule has 0 aliphatic carbocycles. The average Bonchev–Trinajstić information content (AvgIpc) is 2.70. The number of nitrogens with zero attached hydrogens (tertiary/aromatic N) is 1. The molecule has 0 aromatic heterocycles. The summed E-state index contributed by atoms with van der Waals surface area (Å²) >= 11 is 0. The maximum Gasteiger partial charge on any atom is 0.0971 e. The van der Waals surface area contributed by atoms with Crippen LogP contribution in [-0.2, 0) is 9.47 Å². The van der Waals surface area contributed by atoms with Gasteiger partial charge in [-0.2, -0.15) is 0 Å². The summed E-state index contributed by atoms with van der Waals surface area (Å²) in [6.07, 6.45) is 1.67. The Morgan fingerprint density at radius 1 is 1.18 bits per heavy atom. The SMILES string of the molecule is COC1CN(CCCNCC(C)C)CC1OC. The number of ether oxygens (including phenoxy) is 2. The van der Waals surface area contributed by atoms with Crippen LogP contribution in [0.3, 0.4) is 0 Å². The number of hydrogen-bond acceptors (Lipinski definition) is 4. The topological polar surface area (TPSA) is 33.7 Å². The first kappa shape index (κ1) is 14.9. The van der Waals surface area contributed by atoms with Gasteiger partial charge in [0.1, 0.15) is 0 Å². The smallest absolute Gasteiger partial charge is 0.0971 e. The molecule has 1 fully saturated rings. The van der Waals surface area contributed by atoms with E-state index in [0.29, 0.717) is 0 Å². The van der Waals surface area contributed by atoms with E-state index in [0.717, 1.165) is 38.6 Å². The van der Waals surface area contributed by atoms with Gasteiger partial charge in [0.25, 0.3) is 0 Å². The second-order valence-electron chi connectivity index (χ2n) is 5.26. The molecule has 1 saturated heterocycles. The van der Waals surface area contributed by atoms with Gasteiger partial charge in [-0.15, -0.1) is 0 Å². The van der Waals surface area contributed by atoms with Crippen molar-refractivity contribution >= 4 is 0 Å². The molecule has 0 amide bonds. The summed E-state index contributed by atoms with van der Waals surface area (Å²) in [6.45, 7) is 9.81. The highest BCUT2D eigenvalue weighted by Crippen LogP contribution is 2.15. The van der Waals surface area contributed by atoms with E-state index in [-0.39, 0.29) is 12.2 Å². The molecule has 0 bridgehead atoms. The predicted octanol–water partition coefficient (Wildman–Crippen LogP) is 0.968. The summed E-state index contributed by atoms with van der Waals surface area (Å²) in [7, 11) is 3.54. The van der Waals surface area contributed by atoms with Gasteiger partial charge in [0.15, 0.2) is 0 Å². The van der Waals surface area contributed by atoms with E-state index < -0.39 is 0 Å². The lowest BCUT2D eigenvalue weighted by molar-refractivity contribution is -0.00461. The van der Waals surface area contributed by atoms with E-state index in [1.165, 1.54) is 6.42 Å². The van der Waals surface area contributed by atoms with Crippen molar-refractivity contribution in [2.24, 2.45) is 5.92 Å².